The molecule has 2 rings (SSSR count). The molecule has 0 saturated carbocycles. The largest absolute Gasteiger partial charge is 0.465 e. The number of aromatic nitrogens is 1. The Morgan fingerprint density at radius 2 is 2.12 bits per heavy atom. The van der Waals surface area contributed by atoms with E-state index in [1.54, 1.807) is 0 Å². The fourth-order valence-electron chi connectivity index (χ4n) is 2.41. The van der Waals surface area contributed by atoms with Gasteiger partial charge in [0.2, 0.25) is 0 Å². The molecule has 1 atom stereocenters. The number of piperazine rings is 1. The summed E-state index contributed by atoms with van der Waals surface area (Å²) in [5.41, 5.74) is 0.671. The second-order valence-electron chi connectivity index (χ2n) is 5.38. The summed E-state index contributed by atoms with van der Waals surface area (Å²) >= 11 is 2.90. The van der Waals surface area contributed by atoms with E-state index >= 15 is 0 Å². The van der Waals surface area contributed by atoms with E-state index in [1.165, 1.54) is 39.8 Å². The summed E-state index contributed by atoms with van der Waals surface area (Å²) in [4.78, 5) is 40.1. The maximum absolute atomic E-state index is 11.3. The molecule has 1 aliphatic heterocycles. The lowest BCUT2D eigenvalue weighted by Crippen LogP contribution is -2.56. The van der Waals surface area contributed by atoms with Gasteiger partial charge in [0, 0.05) is 37.7 Å². The van der Waals surface area contributed by atoms with Crippen LogP contribution in [0.3, 0.4) is 0 Å². The van der Waals surface area contributed by atoms with Crippen molar-refractivity contribution in [2.24, 2.45) is 0 Å². The summed E-state index contributed by atoms with van der Waals surface area (Å²) in [7, 11) is 0. The predicted molar refractivity (Wildman–Crippen MR) is 91.0 cm³/mol. The molecule has 2 amide bonds. The third kappa shape index (κ3) is 5.78. The van der Waals surface area contributed by atoms with Crippen molar-refractivity contribution in [3.8, 4) is 0 Å². The molecule has 0 unspecified atom stereocenters. The second-order valence-corrected chi connectivity index (χ2v) is 7.58. The first kappa shape index (κ1) is 19.3. The van der Waals surface area contributed by atoms with E-state index in [0.717, 1.165) is 4.34 Å². The first-order chi connectivity index (χ1) is 11.9. The van der Waals surface area contributed by atoms with Gasteiger partial charge in [0.25, 0.3) is 0 Å². The lowest BCUT2D eigenvalue weighted by atomic mass is 10.1. The average molecular weight is 389 g/mol. The van der Waals surface area contributed by atoms with Crippen LogP contribution in [0.4, 0.5) is 9.59 Å². The van der Waals surface area contributed by atoms with E-state index in [4.69, 9.17) is 9.84 Å². The normalized spacial score (nSPS) is 17.4. The zero-order valence-electron chi connectivity index (χ0n) is 13.6. The molecule has 0 aromatic carbocycles. The monoisotopic (exact) mass is 389 g/mol. The topological polar surface area (TPSA) is 120 Å². The molecule has 9 nitrogen and oxygen atoms in total. The van der Waals surface area contributed by atoms with Crippen molar-refractivity contribution in [3.63, 3.8) is 0 Å². The van der Waals surface area contributed by atoms with Crippen molar-refractivity contribution in [2.45, 2.75) is 30.3 Å². The minimum atomic E-state index is -1.03. The van der Waals surface area contributed by atoms with Crippen LogP contribution in [0.25, 0.3) is 0 Å². The molecule has 1 fully saturated rings. The summed E-state index contributed by atoms with van der Waals surface area (Å²) in [6.07, 6.45) is -1.53. The number of thioether (sulfide) groups is 1. The smallest absolute Gasteiger partial charge is 0.407 e. The van der Waals surface area contributed by atoms with Gasteiger partial charge in [-0.3, -0.25) is 4.79 Å². The number of carbonyl (C=O) groups excluding carboxylic acids is 1. The maximum Gasteiger partial charge on any atom is 0.407 e. The Hall–Kier alpha value is -2.01. The number of carboxylic acid groups (broad SMARTS) is 2. The maximum atomic E-state index is 11.3. The van der Waals surface area contributed by atoms with E-state index in [-0.39, 0.29) is 38.3 Å². The summed E-state index contributed by atoms with van der Waals surface area (Å²) in [6.45, 7) is 2.02. The van der Waals surface area contributed by atoms with Crippen LogP contribution in [-0.2, 0) is 16.1 Å². The molecule has 1 aliphatic rings. The molecule has 2 heterocycles. The predicted octanol–water partition coefficient (Wildman–Crippen LogP) is 2.03. The van der Waals surface area contributed by atoms with Gasteiger partial charge >= 0.3 is 18.2 Å². The molecular formula is C14H19N3O6S2. The molecule has 1 aromatic heterocycles. The van der Waals surface area contributed by atoms with Crippen LogP contribution in [0.15, 0.2) is 9.72 Å². The highest BCUT2D eigenvalue weighted by atomic mass is 32.2. The van der Waals surface area contributed by atoms with Gasteiger partial charge < -0.3 is 24.7 Å². The second kappa shape index (κ2) is 8.90. The summed E-state index contributed by atoms with van der Waals surface area (Å²) in [6, 6.07) is -0.365. The summed E-state index contributed by atoms with van der Waals surface area (Å²) in [5, 5.41) is 20.2. The molecule has 2 N–H and O–H groups in total. The molecule has 1 aromatic rings. The van der Waals surface area contributed by atoms with Crippen molar-refractivity contribution in [1.82, 2.24) is 14.8 Å². The fraction of sp³-hybridized carbons (Fsp3) is 0.571. The van der Waals surface area contributed by atoms with Crippen LogP contribution in [0.1, 0.15) is 19.0 Å². The quantitative estimate of drug-likeness (QED) is 0.560. The van der Waals surface area contributed by atoms with E-state index in [9.17, 15) is 19.5 Å². The number of amides is 2. The van der Waals surface area contributed by atoms with Gasteiger partial charge in [0.15, 0.2) is 0 Å². The molecular weight excluding hydrogens is 370 g/mol. The highest BCUT2D eigenvalue weighted by Gasteiger charge is 2.32. The number of thiazole rings is 1. The number of ether oxygens (including phenoxy) is 1. The van der Waals surface area contributed by atoms with Gasteiger partial charge in [0.1, 0.15) is 10.9 Å². The van der Waals surface area contributed by atoms with Crippen LogP contribution in [-0.4, -0.2) is 74.6 Å². The number of nitrogens with zero attached hydrogens (tertiary/aromatic N) is 3. The van der Waals surface area contributed by atoms with Gasteiger partial charge in [-0.25, -0.2) is 14.6 Å². The number of rotatable bonds is 6. The van der Waals surface area contributed by atoms with Gasteiger partial charge in [-0.2, -0.15) is 0 Å². The fourth-order valence-corrected chi connectivity index (χ4v) is 4.35. The Morgan fingerprint density at radius 1 is 1.36 bits per heavy atom. The van der Waals surface area contributed by atoms with Gasteiger partial charge in [0.05, 0.1) is 11.7 Å². The highest BCUT2D eigenvalue weighted by Crippen LogP contribution is 2.25. The zero-order chi connectivity index (χ0) is 18.4. The SMILES string of the molecule is CC(=O)OCc1csc(SCC[C@@H]2CN(C(=O)O)CCN2C(=O)O)n1. The summed E-state index contributed by atoms with van der Waals surface area (Å²) < 4.78 is 5.68. The third-order valence-corrected chi connectivity index (χ3v) is 5.73. The molecule has 0 spiro atoms. The molecule has 0 bridgehead atoms. The number of hydrogen-bond donors (Lipinski definition) is 2. The first-order valence-electron chi connectivity index (χ1n) is 7.55. The number of esters is 1. The Labute approximate surface area is 152 Å². The Bertz CT molecular complexity index is 638. The lowest BCUT2D eigenvalue weighted by Gasteiger charge is -2.38. The highest BCUT2D eigenvalue weighted by molar-refractivity contribution is 8.01. The molecule has 11 heteroatoms. The lowest BCUT2D eigenvalue weighted by molar-refractivity contribution is -0.142. The van der Waals surface area contributed by atoms with Crippen molar-refractivity contribution >= 4 is 41.3 Å². The standard InChI is InChI=1S/C14H19N3O6S2/c1-9(18)23-7-10-8-25-12(15-10)24-5-2-11-6-16(13(19)20)3-4-17(11)14(21)22/h8,11H,2-7H2,1H3,(H,19,20)(H,21,22)/t11-/m1/s1. The van der Waals surface area contributed by atoms with Crippen LogP contribution in [0, 0.1) is 0 Å². The van der Waals surface area contributed by atoms with E-state index in [1.807, 2.05) is 5.38 Å². The molecule has 0 aliphatic carbocycles. The van der Waals surface area contributed by atoms with Crippen molar-refractivity contribution in [2.75, 3.05) is 25.4 Å². The van der Waals surface area contributed by atoms with Crippen molar-refractivity contribution in [3.05, 3.63) is 11.1 Å². The molecule has 138 valence electrons. The average Bonchev–Trinajstić information content (AvgIpc) is 3.00. The van der Waals surface area contributed by atoms with E-state index in [0.29, 0.717) is 17.9 Å². The molecule has 25 heavy (non-hydrogen) atoms. The third-order valence-electron chi connectivity index (χ3n) is 3.63. The van der Waals surface area contributed by atoms with Gasteiger partial charge in [-0.1, -0.05) is 11.8 Å². The van der Waals surface area contributed by atoms with Crippen molar-refractivity contribution in [1.29, 1.82) is 0 Å². The Balaban J connectivity index is 1.84. The number of carbonyl (C=O) groups is 3. The zero-order valence-corrected chi connectivity index (χ0v) is 15.2. The van der Waals surface area contributed by atoms with Crippen LogP contribution < -0.4 is 0 Å². The number of hydrogen-bond acceptors (Lipinski definition) is 7. The molecule has 0 radical (unpaired) electrons. The van der Waals surface area contributed by atoms with Gasteiger partial charge in [-0.05, 0) is 6.42 Å². The Kier molecular flexibility index (Phi) is 6.88. The van der Waals surface area contributed by atoms with E-state index < -0.39 is 12.2 Å². The van der Waals surface area contributed by atoms with Crippen LogP contribution >= 0.6 is 23.1 Å². The van der Waals surface area contributed by atoms with Gasteiger partial charge in [-0.15, -0.1) is 11.3 Å². The first-order valence-corrected chi connectivity index (χ1v) is 9.41. The van der Waals surface area contributed by atoms with E-state index in [2.05, 4.69) is 4.98 Å². The van der Waals surface area contributed by atoms with Crippen LogP contribution in [0.5, 0.6) is 0 Å². The minimum absolute atomic E-state index is 0.134. The van der Waals surface area contributed by atoms with Crippen molar-refractivity contribution < 1.29 is 29.3 Å². The van der Waals surface area contributed by atoms with Crippen LogP contribution in [0.2, 0.25) is 0 Å². The Morgan fingerprint density at radius 3 is 2.76 bits per heavy atom. The molecule has 1 saturated heterocycles. The minimum Gasteiger partial charge on any atom is -0.465 e. The summed E-state index contributed by atoms with van der Waals surface area (Å²) in [5.74, 6) is 0.249.